The molecule has 0 amide bonds. The van der Waals surface area contributed by atoms with Crippen LogP contribution in [-0.4, -0.2) is 72.9 Å². The van der Waals surface area contributed by atoms with E-state index in [0.717, 1.165) is 44.8 Å². The van der Waals surface area contributed by atoms with Gasteiger partial charge in [-0.3, -0.25) is 4.90 Å². The fraction of sp³-hybridized carbons (Fsp3) is 0.471. The van der Waals surface area contributed by atoms with Crippen LogP contribution >= 0.6 is 0 Å². The molecule has 2 bridgehead atoms. The molecular formula is C17H23N2O3+. The van der Waals surface area contributed by atoms with Gasteiger partial charge in [-0.2, -0.15) is 0 Å². The number of hydrogen-bond donors (Lipinski definition) is 1. The fourth-order valence-corrected chi connectivity index (χ4v) is 3.53. The Morgan fingerprint density at radius 1 is 1.23 bits per heavy atom. The molecule has 0 aliphatic carbocycles. The molecule has 1 atom stereocenters. The first-order valence-corrected chi connectivity index (χ1v) is 7.77. The summed E-state index contributed by atoms with van der Waals surface area (Å²) in [5, 5.41) is 10.4. The number of ether oxygens (including phenoxy) is 1. The Bertz CT molecular complexity index is 549. The van der Waals surface area contributed by atoms with Gasteiger partial charge in [0.05, 0.1) is 26.7 Å². The Hall–Kier alpha value is -1.85. The number of quaternary nitrogens is 1. The fourth-order valence-electron chi connectivity index (χ4n) is 3.53. The molecule has 4 rings (SSSR count). The molecule has 0 radical (unpaired) electrons. The summed E-state index contributed by atoms with van der Waals surface area (Å²) >= 11 is 0. The van der Waals surface area contributed by atoms with Gasteiger partial charge in [0, 0.05) is 31.3 Å². The molecule has 1 unspecified atom stereocenters. The van der Waals surface area contributed by atoms with Crippen LogP contribution in [0.5, 0.6) is 0 Å². The second-order valence-electron chi connectivity index (χ2n) is 6.12. The summed E-state index contributed by atoms with van der Waals surface area (Å²) in [7, 11) is 1.42. The maximum Gasteiger partial charge on any atom is 0.369 e. The number of esters is 1. The number of fused-ring (bicyclic) bond motifs is 3. The van der Waals surface area contributed by atoms with Gasteiger partial charge < -0.3 is 14.3 Å². The smallest absolute Gasteiger partial charge is 0.369 e. The molecule has 0 saturated carbocycles. The van der Waals surface area contributed by atoms with Gasteiger partial charge in [-0.1, -0.05) is 30.3 Å². The van der Waals surface area contributed by atoms with Gasteiger partial charge >= 0.3 is 5.97 Å². The minimum atomic E-state index is -0.437. The number of piperazine rings is 3. The van der Waals surface area contributed by atoms with Crippen molar-refractivity contribution in [1.82, 2.24) is 4.90 Å². The van der Waals surface area contributed by atoms with Crippen LogP contribution in [0.25, 0.3) is 5.76 Å². The lowest BCUT2D eigenvalue weighted by molar-refractivity contribution is -0.950. The average Bonchev–Trinajstić information content (AvgIpc) is 2.61. The number of hydrogen-bond acceptors (Lipinski definition) is 4. The molecule has 0 aromatic heterocycles. The quantitative estimate of drug-likeness (QED) is 0.517. The molecule has 3 saturated heterocycles. The zero-order valence-corrected chi connectivity index (χ0v) is 12.9. The largest absolute Gasteiger partial charge is 0.507 e. The summed E-state index contributed by atoms with van der Waals surface area (Å²) in [5.74, 6) is -0.116. The summed E-state index contributed by atoms with van der Waals surface area (Å²) in [5.41, 5.74) is 0.727. The van der Waals surface area contributed by atoms with Gasteiger partial charge in [-0.15, -0.1) is 0 Å². The Balaban J connectivity index is 1.92. The lowest BCUT2D eigenvalue weighted by Crippen LogP contribution is -2.72. The zero-order valence-electron chi connectivity index (χ0n) is 12.9. The van der Waals surface area contributed by atoms with Crippen molar-refractivity contribution in [2.75, 3.05) is 46.4 Å². The van der Waals surface area contributed by atoms with E-state index in [-0.39, 0.29) is 11.7 Å². The third-order valence-electron chi connectivity index (χ3n) is 5.00. The Morgan fingerprint density at radius 2 is 1.82 bits per heavy atom. The molecule has 0 spiro atoms. The van der Waals surface area contributed by atoms with E-state index in [4.69, 9.17) is 4.74 Å². The van der Waals surface area contributed by atoms with Crippen LogP contribution < -0.4 is 0 Å². The number of benzene rings is 1. The van der Waals surface area contributed by atoms with Crippen LogP contribution in [0.1, 0.15) is 5.56 Å². The minimum Gasteiger partial charge on any atom is -0.507 e. The third-order valence-corrected chi connectivity index (χ3v) is 5.00. The van der Waals surface area contributed by atoms with Crippen LogP contribution in [-0.2, 0) is 9.53 Å². The Morgan fingerprint density at radius 3 is 2.36 bits per heavy atom. The molecule has 5 heteroatoms. The van der Waals surface area contributed by atoms with Crippen molar-refractivity contribution in [3.05, 3.63) is 42.0 Å². The molecular weight excluding hydrogens is 280 g/mol. The molecule has 3 aliphatic heterocycles. The van der Waals surface area contributed by atoms with Gasteiger partial charge in [0.15, 0.2) is 0 Å². The highest BCUT2D eigenvalue weighted by Crippen LogP contribution is 2.27. The standard InChI is InChI=1S/C17H22N2O3/c1-22-17(21)15(13-16(20)14-5-3-2-4-6-14)19-10-7-18(8-11-19)9-12-19/h2-6,13,15H,7-12H2,1H3/p+1/b16-13-. The number of carbonyl (C=O) groups is 1. The predicted octanol–water partition coefficient (Wildman–Crippen LogP) is 1.27. The van der Waals surface area contributed by atoms with Crippen molar-refractivity contribution in [3.63, 3.8) is 0 Å². The van der Waals surface area contributed by atoms with Crippen LogP contribution in [0, 0.1) is 0 Å². The van der Waals surface area contributed by atoms with Gasteiger partial charge in [0.25, 0.3) is 0 Å². The van der Waals surface area contributed by atoms with E-state index >= 15 is 0 Å². The summed E-state index contributed by atoms with van der Waals surface area (Å²) in [4.78, 5) is 14.8. The van der Waals surface area contributed by atoms with Crippen LogP contribution in [0.4, 0.5) is 0 Å². The molecule has 1 aromatic rings. The van der Waals surface area contributed by atoms with Gasteiger partial charge in [0.2, 0.25) is 6.04 Å². The second kappa shape index (κ2) is 6.10. The van der Waals surface area contributed by atoms with Crippen molar-refractivity contribution < 1.29 is 19.1 Å². The van der Waals surface area contributed by atoms with Crippen LogP contribution in [0.2, 0.25) is 0 Å². The topological polar surface area (TPSA) is 49.8 Å². The normalized spacial score (nSPS) is 29.1. The molecule has 3 heterocycles. The van der Waals surface area contributed by atoms with E-state index in [9.17, 15) is 9.90 Å². The molecule has 5 nitrogen and oxygen atoms in total. The molecule has 22 heavy (non-hydrogen) atoms. The lowest BCUT2D eigenvalue weighted by Gasteiger charge is -2.52. The molecule has 1 N–H and O–H groups in total. The van der Waals surface area contributed by atoms with E-state index in [0.29, 0.717) is 4.48 Å². The Kier molecular flexibility index (Phi) is 4.18. The summed E-state index contributed by atoms with van der Waals surface area (Å²) in [6.07, 6.45) is 1.68. The van der Waals surface area contributed by atoms with Crippen molar-refractivity contribution in [2.24, 2.45) is 0 Å². The Labute approximate surface area is 131 Å². The zero-order chi connectivity index (χ0) is 15.6. The summed E-state index contributed by atoms with van der Waals surface area (Å²) < 4.78 is 5.72. The molecule has 1 aromatic carbocycles. The van der Waals surface area contributed by atoms with Crippen molar-refractivity contribution in [2.45, 2.75) is 6.04 Å². The number of nitrogens with zero attached hydrogens (tertiary/aromatic N) is 2. The third kappa shape index (κ3) is 2.74. The maximum absolute atomic E-state index is 12.4. The van der Waals surface area contributed by atoms with Gasteiger partial charge in [-0.25, -0.2) is 4.79 Å². The number of methoxy groups -OCH3 is 1. The first-order chi connectivity index (χ1) is 10.6. The first-order valence-electron chi connectivity index (χ1n) is 7.77. The summed E-state index contributed by atoms with van der Waals surface area (Å²) in [6.45, 7) is 5.81. The van der Waals surface area contributed by atoms with Gasteiger partial charge in [0.1, 0.15) is 5.76 Å². The van der Waals surface area contributed by atoms with Crippen molar-refractivity contribution in [3.8, 4) is 0 Å². The summed E-state index contributed by atoms with van der Waals surface area (Å²) in [6, 6.07) is 8.90. The van der Waals surface area contributed by atoms with Crippen molar-refractivity contribution >= 4 is 11.7 Å². The predicted molar refractivity (Wildman–Crippen MR) is 84.2 cm³/mol. The number of rotatable bonds is 4. The maximum atomic E-state index is 12.4. The SMILES string of the molecule is COC(=O)C(/C=C(\O)c1ccccc1)[N+]12CCN(CC1)CC2. The van der Waals surface area contributed by atoms with E-state index in [2.05, 4.69) is 4.90 Å². The monoisotopic (exact) mass is 303 g/mol. The number of aliphatic hydroxyl groups excluding tert-OH is 1. The highest BCUT2D eigenvalue weighted by Gasteiger charge is 2.47. The first kappa shape index (κ1) is 15.1. The van der Waals surface area contributed by atoms with Crippen molar-refractivity contribution in [1.29, 1.82) is 0 Å². The molecule has 3 aliphatic rings. The number of carbonyl (C=O) groups excluding carboxylic acids is 1. The van der Waals surface area contributed by atoms with E-state index in [1.54, 1.807) is 6.08 Å². The second-order valence-corrected chi connectivity index (χ2v) is 6.12. The van der Waals surface area contributed by atoms with E-state index in [1.165, 1.54) is 7.11 Å². The number of aliphatic hydroxyl groups is 1. The molecule has 118 valence electrons. The highest BCUT2D eigenvalue weighted by atomic mass is 16.5. The lowest BCUT2D eigenvalue weighted by atomic mass is 10.0. The molecule has 3 fully saturated rings. The highest BCUT2D eigenvalue weighted by molar-refractivity contribution is 5.79. The minimum absolute atomic E-state index is 0.150. The van der Waals surface area contributed by atoms with E-state index in [1.807, 2.05) is 30.3 Å². The van der Waals surface area contributed by atoms with E-state index < -0.39 is 6.04 Å². The van der Waals surface area contributed by atoms with Crippen LogP contribution in [0.3, 0.4) is 0 Å². The van der Waals surface area contributed by atoms with Crippen LogP contribution in [0.15, 0.2) is 36.4 Å². The van der Waals surface area contributed by atoms with Gasteiger partial charge in [-0.05, 0) is 0 Å². The average molecular weight is 303 g/mol.